The fourth-order valence-corrected chi connectivity index (χ4v) is 5.22. The molecule has 0 N–H and O–H groups in total. The van der Waals surface area contributed by atoms with Crippen LogP contribution in [-0.2, 0) is 14.8 Å². The SMILES string of the molecule is COC(=O)c1ccccc1S(=O)(=O)N1CCC(c2noc(-c3ccc(F)cc3)n2)CC1. The first kappa shape index (κ1) is 21.1. The summed E-state index contributed by atoms with van der Waals surface area (Å²) in [5, 5.41) is 4.02. The van der Waals surface area contributed by atoms with Crippen molar-refractivity contribution in [3.05, 3.63) is 65.7 Å². The monoisotopic (exact) mass is 445 g/mol. The van der Waals surface area contributed by atoms with Crippen LogP contribution in [0, 0.1) is 5.82 Å². The number of piperidine rings is 1. The minimum absolute atomic E-state index is 0.00855. The number of hydrogen-bond acceptors (Lipinski definition) is 7. The molecule has 1 aromatic heterocycles. The minimum Gasteiger partial charge on any atom is -0.465 e. The van der Waals surface area contributed by atoms with Crippen LogP contribution in [0.2, 0.25) is 0 Å². The smallest absolute Gasteiger partial charge is 0.339 e. The number of aromatic nitrogens is 2. The number of ether oxygens (including phenoxy) is 1. The lowest BCUT2D eigenvalue weighted by molar-refractivity contribution is 0.0596. The molecule has 0 bridgehead atoms. The van der Waals surface area contributed by atoms with Gasteiger partial charge in [-0.15, -0.1) is 0 Å². The van der Waals surface area contributed by atoms with Gasteiger partial charge in [0, 0.05) is 24.6 Å². The first-order valence-electron chi connectivity index (χ1n) is 9.67. The highest BCUT2D eigenvalue weighted by molar-refractivity contribution is 7.89. The summed E-state index contributed by atoms with van der Waals surface area (Å²) in [6, 6.07) is 11.7. The molecule has 162 valence electrons. The number of hydrogen-bond donors (Lipinski definition) is 0. The van der Waals surface area contributed by atoms with Crippen LogP contribution < -0.4 is 0 Å². The van der Waals surface area contributed by atoms with Crippen LogP contribution in [0.4, 0.5) is 4.39 Å². The van der Waals surface area contributed by atoms with Gasteiger partial charge in [-0.2, -0.15) is 9.29 Å². The molecule has 31 heavy (non-hydrogen) atoms. The van der Waals surface area contributed by atoms with Crippen LogP contribution in [0.1, 0.15) is 34.9 Å². The van der Waals surface area contributed by atoms with E-state index in [1.807, 2.05) is 0 Å². The number of nitrogens with zero attached hydrogens (tertiary/aromatic N) is 3. The molecule has 0 spiro atoms. The van der Waals surface area contributed by atoms with Gasteiger partial charge in [0.05, 0.1) is 17.6 Å². The molecule has 10 heteroatoms. The zero-order valence-electron chi connectivity index (χ0n) is 16.7. The number of rotatable bonds is 5. The Hall–Kier alpha value is -3.11. The Morgan fingerprint density at radius 3 is 2.48 bits per heavy atom. The molecule has 0 radical (unpaired) electrons. The molecular formula is C21H20FN3O5S. The molecule has 1 saturated heterocycles. The van der Waals surface area contributed by atoms with E-state index in [2.05, 4.69) is 10.1 Å². The molecule has 2 aromatic carbocycles. The Kier molecular flexibility index (Phi) is 5.84. The lowest BCUT2D eigenvalue weighted by Gasteiger charge is -2.30. The number of sulfonamides is 1. The van der Waals surface area contributed by atoms with Crippen LogP contribution in [0.3, 0.4) is 0 Å². The van der Waals surface area contributed by atoms with Crippen LogP contribution in [-0.4, -0.2) is 49.0 Å². The van der Waals surface area contributed by atoms with Gasteiger partial charge >= 0.3 is 5.97 Å². The Balaban J connectivity index is 1.48. The Labute approximate surface area is 178 Å². The largest absolute Gasteiger partial charge is 0.465 e. The maximum Gasteiger partial charge on any atom is 0.339 e. The van der Waals surface area contributed by atoms with Crippen LogP contribution >= 0.6 is 0 Å². The van der Waals surface area contributed by atoms with Crippen molar-refractivity contribution in [2.75, 3.05) is 20.2 Å². The third kappa shape index (κ3) is 4.21. The predicted octanol–water partition coefficient (Wildman–Crippen LogP) is 3.23. The van der Waals surface area contributed by atoms with Crippen molar-refractivity contribution in [3.8, 4) is 11.5 Å². The molecule has 1 fully saturated rings. The molecule has 4 rings (SSSR count). The summed E-state index contributed by atoms with van der Waals surface area (Å²) in [4.78, 5) is 16.3. The third-order valence-electron chi connectivity index (χ3n) is 5.26. The summed E-state index contributed by atoms with van der Waals surface area (Å²) in [5.74, 6) is -0.344. The third-order valence-corrected chi connectivity index (χ3v) is 7.22. The van der Waals surface area contributed by atoms with E-state index in [0.29, 0.717) is 24.2 Å². The quantitative estimate of drug-likeness (QED) is 0.556. The summed E-state index contributed by atoms with van der Waals surface area (Å²) in [5.41, 5.74) is 0.619. The Bertz CT molecular complexity index is 1190. The van der Waals surface area contributed by atoms with Gasteiger partial charge in [0.25, 0.3) is 5.89 Å². The average molecular weight is 445 g/mol. The number of methoxy groups -OCH3 is 1. The van der Waals surface area contributed by atoms with Gasteiger partial charge in [-0.3, -0.25) is 0 Å². The zero-order valence-corrected chi connectivity index (χ0v) is 17.5. The molecule has 0 atom stereocenters. The summed E-state index contributed by atoms with van der Waals surface area (Å²) in [6.07, 6.45) is 1.00. The molecular weight excluding hydrogens is 425 g/mol. The summed E-state index contributed by atoms with van der Waals surface area (Å²) >= 11 is 0. The summed E-state index contributed by atoms with van der Waals surface area (Å²) < 4.78 is 50.7. The Morgan fingerprint density at radius 1 is 1.13 bits per heavy atom. The number of halogens is 1. The molecule has 0 saturated carbocycles. The fourth-order valence-electron chi connectivity index (χ4n) is 3.57. The van der Waals surface area contributed by atoms with Crippen molar-refractivity contribution in [2.45, 2.75) is 23.7 Å². The predicted molar refractivity (Wildman–Crippen MR) is 108 cm³/mol. The van der Waals surface area contributed by atoms with Crippen molar-refractivity contribution >= 4 is 16.0 Å². The normalized spacial score (nSPS) is 15.7. The molecule has 3 aromatic rings. The lowest BCUT2D eigenvalue weighted by Crippen LogP contribution is -2.38. The second-order valence-electron chi connectivity index (χ2n) is 7.13. The van der Waals surface area contributed by atoms with Crippen molar-refractivity contribution in [3.63, 3.8) is 0 Å². The fraction of sp³-hybridized carbons (Fsp3) is 0.286. The highest BCUT2D eigenvalue weighted by atomic mass is 32.2. The lowest BCUT2D eigenvalue weighted by atomic mass is 9.97. The van der Waals surface area contributed by atoms with Gasteiger partial charge in [-0.05, 0) is 49.2 Å². The minimum atomic E-state index is -3.86. The molecule has 8 nitrogen and oxygen atoms in total. The van der Waals surface area contributed by atoms with Crippen LogP contribution in [0.5, 0.6) is 0 Å². The standard InChI is InChI=1S/C21H20FN3O5S/c1-29-21(26)17-4-2-3-5-18(17)31(27,28)25-12-10-14(11-13-25)19-23-20(30-24-19)15-6-8-16(22)9-7-15/h2-9,14H,10-13H2,1H3. The molecule has 0 unspecified atom stereocenters. The van der Waals surface area contributed by atoms with Gasteiger partial charge in [0.15, 0.2) is 5.82 Å². The highest BCUT2D eigenvalue weighted by Crippen LogP contribution is 2.31. The van der Waals surface area contributed by atoms with E-state index in [9.17, 15) is 17.6 Å². The Morgan fingerprint density at radius 2 is 1.81 bits per heavy atom. The molecule has 0 amide bonds. The first-order valence-corrected chi connectivity index (χ1v) is 11.1. The van der Waals surface area contributed by atoms with Crippen LogP contribution in [0.15, 0.2) is 57.9 Å². The van der Waals surface area contributed by atoms with E-state index >= 15 is 0 Å². The summed E-state index contributed by atoms with van der Waals surface area (Å²) in [7, 11) is -2.65. The number of benzene rings is 2. The van der Waals surface area contributed by atoms with Crippen molar-refractivity contribution < 1.29 is 26.9 Å². The second-order valence-corrected chi connectivity index (χ2v) is 9.04. The van der Waals surface area contributed by atoms with E-state index in [-0.39, 0.29) is 41.2 Å². The van der Waals surface area contributed by atoms with Gasteiger partial charge in [0.1, 0.15) is 5.82 Å². The number of carbonyl (C=O) groups is 1. The topological polar surface area (TPSA) is 103 Å². The average Bonchev–Trinajstić information content (AvgIpc) is 3.29. The second kappa shape index (κ2) is 8.56. The van der Waals surface area contributed by atoms with E-state index < -0.39 is 16.0 Å². The van der Waals surface area contributed by atoms with Crippen molar-refractivity contribution in [1.29, 1.82) is 0 Å². The highest BCUT2D eigenvalue weighted by Gasteiger charge is 2.34. The molecule has 2 heterocycles. The van der Waals surface area contributed by atoms with Crippen LogP contribution in [0.25, 0.3) is 11.5 Å². The van der Waals surface area contributed by atoms with Crippen molar-refractivity contribution in [1.82, 2.24) is 14.4 Å². The first-order chi connectivity index (χ1) is 14.9. The van der Waals surface area contributed by atoms with E-state index in [0.717, 1.165) is 0 Å². The van der Waals surface area contributed by atoms with Gasteiger partial charge < -0.3 is 9.26 Å². The maximum atomic E-state index is 13.1. The van der Waals surface area contributed by atoms with Gasteiger partial charge in [-0.25, -0.2) is 17.6 Å². The van der Waals surface area contributed by atoms with E-state index in [1.165, 1.54) is 35.7 Å². The zero-order chi connectivity index (χ0) is 22.0. The van der Waals surface area contributed by atoms with Gasteiger partial charge in [-0.1, -0.05) is 17.3 Å². The van der Waals surface area contributed by atoms with Gasteiger partial charge in [0.2, 0.25) is 10.0 Å². The molecule has 0 aliphatic carbocycles. The molecule has 1 aliphatic rings. The van der Waals surface area contributed by atoms with E-state index in [1.54, 1.807) is 24.3 Å². The number of esters is 1. The van der Waals surface area contributed by atoms with E-state index in [4.69, 9.17) is 9.26 Å². The molecule has 1 aliphatic heterocycles. The number of carbonyl (C=O) groups excluding carboxylic acids is 1. The summed E-state index contributed by atoms with van der Waals surface area (Å²) in [6.45, 7) is 0.506. The van der Waals surface area contributed by atoms with Crippen molar-refractivity contribution in [2.24, 2.45) is 0 Å². The maximum absolute atomic E-state index is 13.1.